The Bertz CT molecular complexity index is 852. The SMILES string of the molecule is Cc1c(C)n(CC2CO2)c2c(-c3ccc(Cl)cc3)nccc12.Cl. The number of fused-ring (bicyclic) bond motifs is 1. The number of hydrogen-bond acceptors (Lipinski definition) is 2. The molecule has 120 valence electrons. The fraction of sp³-hybridized carbons (Fsp3) is 0.278. The van der Waals surface area contributed by atoms with Crippen molar-refractivity contribution in [3.05, 3.63) is 52.8 Å². The van der Waals surface area contributed by atoms with E-state index in [4.69, 9.17) is 16.3 Å². The second-order valence-corrected chi connectivity index (χ2v) is 6.28. The maximum Gasteiger partial charge on any atom is 0.0988 e. The standard InChI is InChI=1S/C18H17ClN2O.ClH/c1-11-12(2)21(9-15-10-22-15)18-16(11)7-8-20-17(18)13-3-5-14(19)6-4-13;/h3-8,15H,9-10H2,1-2H3;1H. The molecule has 0 aliphatic carbocycles. The number of nitrogens with zero attached hydrogens (tertiary/aromatic N) is 2. The second kappa shape index (κ2) is 6.16. The van der Waals surface area contributed by atoms with Gasteiger partial charge in [0.15, 0.2) is 0 Å². The molecule has 3 heterocycles. The number of epoxide rings is 1. The second-order valence-electron chi connectivity index (χ2n) is 5.84. The van der Waals surface area contributed by atoms with E-state index in [0.717, 1.165) is 29.4 Å². The summed E-state index contributed by atoms with van der Waals surface area (Å²) in [6.45, 7) is 6.09. The Morgan fingerprint density at radius 1 is 1.22 bits per heavy atom. The van der Waals surface area contributed by atoms with Gasteiger partial charge in [-0.3, -0.25) is 4.98 Å². The summed E-state index contributed by atoms with van der Waals surface area (Å²) in [5, 5.41) is 2.00. The molecule has 3 aromatic rings. The lowest BCUT2D eigenvalue weighted by molar-refractivity contribution is 0.384. The number of ether oxygens (including phenoxy) is 1. The minimum Gasteiger partial charge on any atom is -0.371 e. The summed E-state index contributed by atoms with van der Waals surface area (Å²) in [4.78, 5) is 4.64. The molecule has 4 rings (SSSR count). The summed E-state index contributed by atoms with van der Waals surface area (Å²) in [5.74, 6) is 0. The van der Waals surface area contributed by atoms with Crippen LogP contribution in [-0.2, 0) is 11.3 Å². The van der Waals surface area contributed by atoms with Crippen LogP contribution in [0.25, 0.3) is 22.2 Å². The summed E-state index contributed by atoms with van der Waals surface area (Å²) in [5.41, 5.74) is 5.88. The van der Waals surface area contributed by atoms with Crippen LogP contribution in [0.15, 0.2) is 36.5 Å². The number of aryl methyl sites for hydroxylation is 1. The van der Waals surface area contributed by atoms with Gasteiger partial charge in [-0.15, -0.1) is 12.4 Å². The summed E-state index contributed by atoms with van der Waals surface area (Å²) in [6, 6.07) is 9.98. The fourth-order valence-corrected chi connectivity index (χ4v) is 3.15. The molecule has 0 amide bonds. The highest BCUT2D eigenvalue weighted by molar-refractivity contribution is 6.30. The highest BCUT2D eigenvalue weighted by Gasteiger charge is 2.26. The first kappa shape index (κ1) is 16.3. The summed E-state index contributed by atoms with van der Waals surface area (Å²) in [6.07, 6.45) is 2.23. The molecule has 1 saturated heterocycles. The Morgan fingerprint density at radius 3 is 2.57 bits per heavy atom. The highest BCUT2D eigenvalue weighted by atomic mass is 35.5. The van der Waals surface area contributed by atoms with Crippen molar-refractivity contribution in [1.82, 2.24) is 9.55 Å². The number of rotatable bonds is 3. The molecule has 1 unspecified atom stereocenters. The van der Waals surface area contributed by atoms with Gasteiger partial charge in [0.25, 0.3) is 0 Å². The molecule has 1 aliphatic rings. The van der Waals surface area contributed by atoms with Crippen LogP contribution in [-0.4, -0.2) is 22.3 Å². The number of aromatic nitrogens is 2. The lowest BCUT2D eigenvalue weighted by atomic mass is 10.1. The maximum absolute atomic E-state index is 6.01. The van der Waals surface area contributed by atoms with Gasteiger partial charge in [-0.05, 0) is 37.6 Å². The van der Waals surface area contributed by atoms with E-state index >= 15 is 0 Å². The first-order chi connectivity index (χ1) is 10.6. The molecule has 0 spiro atoms. The van der Waals surface area contributed by atoms with E-state index in [9.17, 15) is 0 Å². The van der Waals surface area contributed by atoms with Crippen molar-refractivity contribution in [1.29, 1.82) is 0 Å². The van der Waals surface area contributed by atoms with Gasteiger partial charge in [-0.1, -0.05) is 23.7 Å². The van der Waals surface area contributed by atoms with Gasteiger partial charge in [0.1, 0.15) is 0 Å². The third-order valence-electron chi connectivity index (χ3n) is 4.45. The van der Waals surface area contributed by atoms with E-state index < -0.39 is 0 Å². The summed E-state index contributed by atoms with van der Waals surface area (Å²) in [7, 11) is 0. The van der Waals surface area contributed by atoms with Crippen molar-refractivity contribution in [3.8, 4) is 11.3 Å². The zero-order valence-electron chi connectivity index (χ0n) is 13.0. The fourth-order valence-electron chi connectivity index (χ4n) is 3.02. The van der Waals surface area contributed by atoms with Crippen LogP contribution < -0.4 is 0 Å². The largest absolute Gasteiger partial charge is 0.371 e. The number of pyridine rings is 1. The van der Waals surface area contributed by atoms with Crippen LogP contribution >= 0.6 is 24.0 Å². The van der Waals surface area contributed by atoms with Crippen LogP contribution in [0.4, 0.5) is 0 Å². The van der Waals surface area contributed by atoms with Crippen LogP contribution in [0.5, 0.6) is 0 Å². The van der Waals surface area contributed by atoms with Crippen LogP contribution in [0.1, 0.15) is 11.3 Å². The van der Waals surface area contributed by atoms with Crippen LogP contribution in [0, 0.1) is 13.8 Å². The zero-order valence-corrected chi connectivity index (χ0v) is 14.6. The van der Waals surface area contributed by atoms with Crippen LogP contribution in [0.2, 0.25) is 5.02 Å². The van der Waals surface area contributed by atoms with Gasteiger partial charge in [0, 0.05) is 27.9 Å². The molecule has 1 atom stereocenters. The highest BCUT2D eigenvalue weighted by Crippen LogP contribution is 2.33. The van der Waals surface area contributed by atoms with Gasteiger partial charge in [-0.25, -0.2) is 0 Å². The van der Waals surface area contributed by atoms with E-state index in [1.165, 1.54) is 22.2 Å². The summed E-state index contributed by atoms with van der Waals surface area (Å²) >= 11 is 6.01. The molecule has 0 radical (unpaired) electrons. The smallest absolute Gasteiger partial charge is 0.0988 e. The molecule has 5 heteroatoms. The minimum absolute atomic E-state index is 0. The van der Waals surface area contributed by atoms with Gasteiger partial charge < -0.3 is 9.30 Å². The van der Waals surface area contributed by atoms with E-state index in [0.29, 0.717) is 6.10 Å². The third kappa shape index (κ3) is 2.85. The quantitative estimate of drug-likeness (QED) is 0.636. The first-order valence-electron chi connectivity index (χ1n) is 7.47. The zero-order chi connectivity index (χ0) is 15.3. The van der Waals surface area contributed by atoms with Gasteiger partial charge in [0.2, 0.25) is 0 Å². The van der Waals surface area contributed by atoms with Crippen molar-refractivity contribution in [3.63, 3.8) is 0 Å². The van der Waals surface area contributed by atoms with Crippen molar-refractivity contribution in [2.45, 2.75) is 26.5 Å². The summed E-state index contributed by atoms with van der Waals surface area (Å²) < 4.78 is 7.77. The maximum atomic E-state index is 6.01. The topological polar surface area (TPSA) is 30.4 Å². The first-order valence-corrected chi connectivity index (χ1v) is 7.85. The number of benzene rings is 1. The average molecular weight is 349 g/mol. The molecule has 0 N–H and O–H groups in total. The lowest BCUT2D eigenvalue weighted by Gasteiger charge is -2.10. The minimum atomic E-state index is 0. The molecule has 3 nitrogen and oxygen atoms in total. The Labute approximate surface area is 146 Å². The van der Waals surface area contributed by atoms with Gasteiger partial charge in [-0.2, -0.15) is 0 Å². The Balaban J connectivity index is 0.00000156. The van der Waals surface area contributed by atoms with Gasteiger partial charge >= 0.3 is 0 Å². The van der Waals surface area contributed by atoms with Gasteiger partial charge in [0.05, 0.1) is 30.5 Å². The van der Waals surface area contributed by atoms with Crippen molar-refractivity contribution < 1.29 is 4.74 Å². The molecular formula is C18H18Cl2N2O. The Kier molecular flexibility index (Phi) is 4.37. The van der Waals surface area contributed by atoms with E-state index in [2.05, 4.69) is 29.5 Å². The molecule has 0 saturated carbocycles. The number of halogens is 2. The van der Waals surface area contributed by atoms with Crippen molar-refractivity contribution >= 4 is 34.9 Å². The van der Waals surface area contributed by atoms with E-state index in [-0.39, 0.29) is 12.4 Å². The van der Waals surface area contributed by atoms with E-state index in [1.807, 2.05) is 30.5 Å². The van der Waals surface area contributed by atoms with E-state index in [1.54, 1.807) is 0 Å². The lowest BCUT2D eigenvalue weighted by Crippen LogP contribution is -2.06. The molecule has 23 heavy (non-hydrogen) atoms. The molecular weight excluding hydrogens is 331 g/mol. The molecule has 0 bridgehead atoms. The third-order valence-corrected chi connectivity index (χ3v) is 4.70. The molecule has 1 fully saturated rings. The molecule has 1 aliphatic heterocycles. The molecule has 2 aromatic heterocycles. The van der Waals surface area contributed by atoms with Crippen molar-refractivity contribution in [2.24, 2.45) is 0 Å². The Hall–Kier alpha value is -1.55. The predicted molar refractivity (Wildman–Crippen MR) is 96.6 cm³/mol. The normalized spacial score (nSPS) is 16.4. The molecule has 1 aromatic carbocycles. The number of hydrogen-bond donors (Lipinski definition) is 0. The Morgan fingerprint density at radius 2 is 1.91 bits per heavy atom. The van der Waals surface area contributed by atoms with Crippen LogP contribution in [0.3, 0.4) is 0 Å². The predicted octanol–water partition coefficient (Wildman–Crippen LogP) is 4.79. The van der Waals surface area contributed by atoms with Crippen molar-refractivity contribution in [2.75, 3.05) is 6.61 Å². The average Bonchev–Trinajstić information content (AvgIpc) is 3.32. The monoisotopic (exact) mass is 348 g/mol.